The Kier molecular flexibility index (Phi) is 7.72. The van der Waals surface area contributed by atoms with Gasteiger partial charge in [0.15, 0.2) is 5.82 Å². The fourth-order valence-electron chi connectivity index (χ4n) is 8.80. The van der Waals surface area contributed by atoms with Crippen molar-refractivity contribution in [2.24, 2.45) is 0 Å². The molecule has 0 radical (unpaired) electrons. The van der Waals surface area contributed by atoms with Crippen LogP contribution in [0.3, 0.4) is 0 Å². The topological polar surface area (TPSA) is 38.7 Å². The number of pyridine rings is 1. The van der Waals surface area contributed by atoms with E-state index in [2.05, 4.69) is 164 Å². The van der Waals surface area contributed by atoms with Crippen LogP contribution in [-0.4, -0.2) is 15.0 Å². The summed E-state index contributed by atoms with van der Waals surface area (Å²) in [6.45, 7) is 0. The van der Waals surface area contributed by atoms with Gasteiger partial charge in [-0.25, -0.2) is 15.0 Å². The number of rotatable bonds is 5. The van der Waals surface area contributed by atoms with E-state index in [4.69, 9.17) is 15.0 Å². The highest BCUT2D eigenvalue weighted by Crippen LogP contribution is 2.44. The van der Waals surface area contributed by atoms with Crippen LogP contribution >= 0.6 is 11.3 Å². The molecule has 0 aliphatic carbocycles. The van der Waals surface area contributed by atoms with Gasteiger partial charge in [0.25, 0.3) is 0 Å². The van der Waals surface area contributed by atoms with E-state index in [1.165, 1.54) is 69.0 Å². The molecule has 9 aromatic carbocycles. The molecular formula is C55H33N3S. The van der Waals surface area contributed by atoms with Crippen molar-refractivity contribution in [2.45, 2.75) is 0 Å². The summed E-state index contributed by atoms with van der Waals surface area (Å²) in [5.41, 5.74) is 10.3. The molecule has 12 aromatic rings. The Hall–Kier alpha value is -7.53. The predicted octanol–water partition coefficient (Wildman–Crippen LogP) is 15.2. The van der Waals surface area contributed by atoms with Gasteiger partial charge >= 0.3 is 0 Å². The van der Waals surface area contributed by atoms with Gasteiger partial charge in [0.05, 0.1) is 22.6 Å². The second-order valence-corrected chi connectivity index (χ2v) is 16.2. The van der Waals surface area contributed by atoms with Gasteiger partial charge in [0.2, 0.25) is 0 Å². The van der Waals surface area contributed by atoms with Crippen molar-refractivity contribution in [1.29, 1.82) is 0 Å². The van der Waals surface area contributed by atoms with Crippen molar-refractivity contribution in [3.8, 4) is 56.3 Å². The molecule has 3 nitrogen and oxygen atoms in total. The van der Waals surface area contributed by atoms with E-state index in [-0.39, 0.29) is 0 Å². The van der Waals surface area contributed by atoms with E-state index in [0.29, 0.717) is 5.82 Å². The molecule has 0 saturated carbocycles. The summed E-state index contributed by atoms with van der Waals surface area (Å²) in [5.74, 6) is 0.691. The van der Waals surface area contributed by atoms with Gasteiger partial charge in [-0.2, -0.15) is 0 Å². The lowest BCUT2D eigenvalue weighted by Gasteiger charge is -2.13. The average molecular weight is 768 g/mol. The maximum atomic E-state index is 5.44. The second-order valence-electron chi connectivity index (χ2n) is 15.1. The first kappa shape index (κ1) is 33.6. The number of hydrogen-bond acceptors (Lipinski definition) is 4. The molecule has 59 heavy (non-hydrogen) atoms. The van der Waals surface area contributed by atoms with E-state index >= 15 is 0 Å². The number of aromatic nitrogens is 3. The predicted molar refractivity (Wildman–Crippen MR) is 250 cm³/mol. The Bertz CT molecular complexity index is 3500. The van der Waals surface area contributed by atoms with Crippen LogP contribution in [-0.2, 0) is 0 Å². The number of fused-ring (bicyclic) bond motifs is 11. The molecule has 0 atom stereocenters. The Morgan fingerprint density at radius 2 is 0.780 bits per heavy atom. The van der Waals surface area contributed by atoms with Gasteiger partial charge in [-0.1, -0.05) is 170 Å². The number of hydrogen-bond donors (Lipinski definition) is 0. The maximum absolute atomic E-state index is 5.44. The van der Waals surface area contributed by atoms with Crippen LogP contribution in [0.25, 0.3) is 120 Å². The molecule has 0 aliphatic heterocycles. The Morgan fingerprint density at radius 1 is 0.305 bits per heavy atom. The van der Waals surface area contributed by atoms with E-state index < -0.39 is 0 Å². The first-order valence-electron chi connectivity index (χ1n) is 19.9. The molecule has 0 unspecified atom stereocenters. The SMILES string of the molecule is c1ccc(-c2cc(-c3ccccc3)nc(-c3ccc(-c4nc5ccc(-c6ccc7c8ccccc8c8ccccc8c7c6)cc5c5sc6ccccc6c45)cc3)n2)cc1. The van der Waals surface area contributed by atoms with Crippen molar-refractivity contribution in [2.75, 3.05) is 0 Å². The van der Waals surface area contributed by atoms with Crippen LogP contribution in [0.1, 0.15) is 0 Å². The zero-order valence-electron chi connectivity index (χ0n) is 31.8. The van der Waals surface area contributed by atoms with E-state index in [9.17, 15) is 0 Å². The first-order valence-corrected chi connectivity index (χ1v) is 20.7. The molecule has 0 amide bonds. The molecule has 0 bridgehead atoms. The zero-order chi connectivity index (χ0) is 38.9. The lowest BCUT2D eigenvalue weighted by Crippen LogP contribution is -1.96. The monoisotopic (exact) mass is 767 g/mol. The summed E-state index contributed by atoms with van der Waals surface area (Å²) in [4.78, 5) is 15.6. The largest absolute Gasteiger partial charge is 0.247 e. The van der Waals surface area contributed by atoms with Gasteiger partial charge in [-0.05, 0) is 73.8 Å². The Labute approximate surface area is 344 Å². The molecule has 274 valence electrons. The van der Waals surface area contributed by atoms with Crippen molar-refractivity contribution in [3.63, 3.8) is 0 Å². The fourth-order valence-corrected chi connectivity index (χ4v) is 10.0. The van der Waals surface area contributed by atoms with Crippen LogP contribution in [0.2, 0.25) is 0 Å². The van der Waals surface area contributed by atoms with E-state index in [1.54, 1.807) is 0 Å². The lowest BCUT2D eigenvalue weighted by atomic mass is 9.92. The third-order valence-electron chi connectivity index (χ3n) is 11.7. The smallest absolute Gasteiger partial charge is 0.160 e. The average Bonchev–Trinajstić information content (AvgIpc) is 3.72. The molecule has 3 aromatic heterocycles. The highest BCUT2D eigenvalue weighted by atomic mass is 32.1. The molecule has 0 aliphatic rings. The van der Waals surface area contributed by atoms with E-state index in [1.807, 2.05) is 47.7 Å². The fraction of sp³-hybridized carbons (Fsp3) is 0. The molecule has 12 rings (SSSR count). The minimum atomic E-state index is 0.691. The number of benzene rings is 9. The highest BCUT2D eigenvalue weighted by Gasteiger charge is 2.18. The Balaban J connectivity index is 0.995. The van der Waals surface area contributed by atoms with Gasteiger partial charge in [-0.3, -0.25) is 0 Å². The van der Waals surface area contributed by atoms with Crippen molar-refractivity contribution >= 4 is 74.7 Å². The minimum Gasteiger partial charge on any atom is -0.247 e. The quantitative estimate of drug-likeness (QED) is 0.164. The third kappa shape index (κ3) is 5.60. The summed E-state index contributed by atoms with van der Waals surface area (Å²) >= 11 is 1.85. The normalized spacial score (nSPS) is 11.7. The molecule has 3 heterocycles. The summed E-state index contributed by atoms with van der Waals surface area (Å²) < 4.78 is 2.50. The van der Waals surface area contributed by atoms with Crippen LogP contribution in [0.4, 0.5) is 0 Å². The highest BCUT2D eigenvalue weighted by molar-refractivity contribution is 7.26. The first-order chi connectivity index (χ1) is 29.2. The molecule has 0 fully saturated rings. The lowest BCUT2D eigenvalue weighted by molar-refractivity contribution is 1.18. The second kappa shape index (κ2) is 13.6. The zero-order valence-corrected chi connectivity index (χ0v) is 32.6. The molecule has 4 heteroatoms. The van der Waals surface area contributed by atoms with Crippen LogP contribution in [0, 0.1) is 0 Å². The summed E-state index contributed by atoms with van der Waals surface area (Å²) in [7, 11) is 0. The van der Waals surface area contributed by atoms with Crippen molar-refractivity contribution in [1.82, 2.24) is 15.0 Å². The van der Waals surface area contributed by atoms with Gasteiger partial charge in [0.1, 0.15) is 0 Å². The number of thiophene rings is 1. The molecule has 0 spiro atoms. The van der Waals surface area contributed by atoms with Crippen LogP contribution in [0.5, 0.6) is 0 Å². The summed E-state index contributed by atoms with van der Waals surface area (Å²) in [6, 6.07) is 71.3. The van der Waals surface area contributed by atoms with Crippen molar-refractivity contribution in [3.05, 3.63) is 200 Å². The molecule has 0 saturated heterocycles. The molecule has 0 N–H and O–H groups in total. The van der Waals surface area contributed by atoms with Gasteiger partial charge in [0, 0.05) is 47.8 Å². The van der Waals surface area contributed by atoms with Crippen LogP contribution in [0.15, 0.2) is 200 Å². The maximum Gasteiger partial charge on any atom is 0.160 e. The van der Waals surface area contributed by atoms with Crippen molar-refractivity contribution < 1.29 is 0 Å². The van der Waals surface area contributed by atoms with Crippen LogP contribution < -0.4 is 0 Å². The summed E-state index contributed by atoms with van der Waals surface area (Å²) in [6.07, 6.45) is 0. The molecular weight excluding hydrogens is 735 g/mol. The van der Waals surface area contributed by atoms with Gasteiger partial charge < -0.3 is 0 Å². The minimum absolute atomic E-state index is 0.691. The number of nitrogens with zero attached hydrogens (tertiary/aromatic N) is 3. The summed E-state index contributed by atoms with van der Waals surface area (Å²) in [5, 5.41) is 11.3. The third-order valence-corrected chi connectivity index (χ3v) is 12.9. The Morgan fingerprint density at radius 3 is 1.41 bits per heavy atom. The van der Waals surface area contributed by atoms with E-state index in [0.717, 1.165) is 44.9 Å². The van der Waals surface area contributed by atoms with Gasteiger partial charge in [-0.15, -0.1) is 11.3 Å². The standard InChI is InChI=1S/C55H33N3S/c1-3-13-34(14-4-1)49-33-50(35-15-5-2-6-16-35)58-55(57-49)37-25-23-36(24-26-37)53-52-45-21-11-12-22-51(45)59-54(52)47-32-39(28-30-48(47)56-53)38-27-29-44-42-19-8-7-17-40(42)41-18-9-10-20-43(41)46(44)31-38/h1-33H.